The molecule has 0 spiro atoms. The topological polar surface area (TPSA) is 113 Å². The fraction of sp³-hybridized carbons (Fsp3) is 0.0526. The molecule has 146 valence electrons. The summed E-state index contributed by atoms with van der Waals surface area (Å²) in [5, 5.41) is 18.5. The lowest BCUT2D eigenvalue weighted by Crippen LogP contribution is -2.28. The molecule has 29 heavy (non-hydrogen) atoms. The molecule has 0 radical (unpaired) electrons. The molecule has 0 aromatic heterocycles. The Morgan fingerprint density at radius 2 is 1.69 bits per heavy atom. The monoisotopic (exact) mass is 429 g/mol. The molecule has 2 aromatic rings. The quantitative estimate of drug-likeness (QED) is 0.559. The zero-order valence-electron chi connectivity index (χ0n) is 14.4. The second-order valence-corrected chi connectivity index (χ2v) is 7.68. The molecular formula is C19H11NO7S2. The minimum Gasteiger partial charge on any atom is -0.478 e. The van der Waals surface area contributed by atoms with Gasteiger partial charge in [0.05, 0.1) is 21.7 Å². The van der Waals surface area contributed by atoms with Crippen molar-refractivity contribution in [3.8, 4) is 11.5 Å². The van der Waals surface area contributed by atoms with E-state index >= 15 is 0 Å². The summed E-state index contributed by atoms with van der Waals surface area (Å²) in [5.41, 5.74) is 0.265. The van der Waals surface area contributed by atoms with Gasteiger partial charge in [-0.3, -0.25) is 9.69 Å². The Morgan fingerprint density at radius 1 is 1.03 bits per heavy atom. The third-order valence-electron chi connectivity index (χ3n) is 4.16. The number of carbonyl (C=O) groups is 3. The first-order chi connectivity index (χ1) is 13.8. The normalized spacial score (nSPS) is 16.6. The molecule has 8 nitrogen and oxygen atoms in total. The van der Waals surface area contributed by atoms with Gasteiger partial charge in [0, 0.05) is 0 Å². The molecular weight excluding hydrogens is 418 g/mol. The average Bonchev–Trinajstić information content (AvgIpc) is 3.25. The minimum atomic E-state index is -1.31. The average molecular weight is 429 g/mol. The third-order valence-corrected chi connectivity index (χ3v) is 5.46. The van der Waals surface area contributed by atoms with Crippen molar-refractivity contribution in [3.63, 3.8) is 0 Å². The number of anilines is 1. The number of aromatic carboxylic acids is 2. The molecule has 0 atom stereocenters. The van der Waals surface area contributed by atoms with Crippen molar-refractivity contribution in [3.05, 3.63) is 58.0 Å². The van der Waals surface area contributed by atoms with Crippen LogP contribution in [0.3, 0.4) is 0 Å². The van der Waals surface area contributed by atoms with E-state index in [-0.39, 0.29) is 27.9 Å². The number of benzene rings is 2. The van der Waals surface area contributed by atoms with Gasteiger partial charge in [0.2, 0.25) is 6.79 Å². The molecule has 10 heteroatoms. The number of fused-ring (bicyclic) bond motifs is 1. The number of amides is 1. The highest BCUT2D eigenvalue weighted by Gasteiger charge is 2.34. The van der Waals surface area contributed by atoms with E-state index in [0.717, 1.165) is 22.7 Å². The maximum atomic E-state index is 12.9. The van der Waals surface area contributed by atoms with Crippen LogP contribution in [0.2, 0.25) is 0 Å². The Bertz CT molecular complexity index is 1090. The molecule has 4 rings (SSSR count). The van der Waals surface area contributed by atoms with Crippen LogP contribution in [0.25, 0.3) is 6.08 Å². The van der Waals surface area contributed by atoms with Crippen LogP contribution in [0.4, 0.5) is 5.69 Å². The van der Waals surface area contributed by atoms with E-state index in [1.54, 1.807) is 24.3 Å². The fourth-order valence-electron chi connectivity index (χ4n) is 2.83. The van der Waals surface area contributed by atoms with Crippen molar-refractivity contribution in [2.45, 2.75) is 0 Å². The lowest BCUT2D eigenvalue weighted by molar-refractivity contribution is -0.113. The minimum absolute atomic E-state index is 0.0823. The van der Waals surface area contributed by atoms with Crippen LogP contribution in [0.15, 0.2) is 41.3 Å². The lowest BCUT2D eigenvalue weighted by atomic mass is 10.1. The van der Waals surface area contributed by atoms with Gasteiger partial charge in [0.15, 0.2) is 15.8 Å². The van der Waals surface area contributed by atoms with Gasteiger partial charge in [-0.1, -0.05) is 30.0 Å². The van der Waals surface area contributed by atoms with Crippen molar-refractivity contribution in [2.24, 2.45) is 0 Å². The number of nitrogens with zero attached hydrogens (tertiary/aromatic N) is 1. The van der Waals surface area contributed by atoms with E-state index in [2.05, 4.69) is 0 Å². The smallest absolute Gasteiger partial charge is 0.335 e. The Hall–Kier alpha value is -3.37. The number of thioether (sulfide) groups is 1. The number of thiocarbonyl (C=S) groups is 1. The molecule has 2 N–H and O–H groups in total. The van der Waals surface area contributed by atoms with E-state index in [0.29, 0.717) is 22.0 Å². The molecule has 0 saturated carbocycles. The SMILES string of the molecule is O=C(O)c1cc(C(=O)O)cc(N2C(=O)/C(=C/c3ccc4c(c3)OCO4)SC2=S)c1. The summed E-state index contributed by atoms with van der Waals surface area (Å²) >= 11 is 6.31. The lowest BCUT2D eigenvalue weighted by Gasteiger charge is -2.16. The van der Waals surface area contributed by atoms with Crippen LogP contribution in [0.5, 0.6) is 11.5 Å². The van der Waals surface area contributed by atoms with Gasteiger partial charge in [-0.2, -0.15) is 0 Å². The summed E-state index contributed by atoms with van der Waals surface area (Å²) in [6.45, 7) is 0.132. The van der Waals surface area contributed by atoms with Crippen molar-refractivity contribution < 1.29 is 34.1 Å². The van der Waals surface area contributed by atoms with E-state index in [9.17, 15) is 24.6 Å². The van der Waals surface area contributed by atoms with Crippen LogP contribution < -0.4 is 14.4 Å². The Labute approximate surface area is 173 Å². The predicted octanol–water partition coefficient (Wildman–Crippen LogP) is 3.22. The summed E-state index contributed by atoms with van der Waals surface area (Å²) < 4.78 is 10.7. The van der Waals surface area contributed by atoms with Crippen LogP contribution in [-0.2, 0) is 4.79 Å². The Morgan fingerprint density at radius 3 is 2.34 bits per heavy atom. The molecule has 2 aliphatic rings. The van der Waals surface area contributed by atoms with Crippen LogP contribution in [0, 0.1) is 0 Å². The molecule has 2 heterocycles. The fourth-order valence-corrected chi connectivity index (χ4v) is 4.13. The van der Waals surface area contributed by atoms with E-state index in [1.165, 1.54) is 12.1 Å². The maximum Gasteiger partial charge on any atom is 0.335 e. The zero-order valence-corrected chi connectivity index (χ0v) is 16.1. The van der Waals surface area contributed by atoms with E-state index < -0.39 is 17.8 Å². The standard InChI is InChI=1S/C19H11NO7S2/c21-16-15(4-9-1-2-13-14(3-9)27-8-26-13)29-19(28)20(16)12-6-10(17(22)23)5-11(7-12)18(24)25/h1-7H,8H2,(H,22,23)(H,24,25)/b15-4-. The third kappa shape index (κ3) is 3.55. The van der Waals surface area contributed by atoms with Gasteiger partial charge >= 0.3 is 11.9 Å². The second kappa shape index (κ2) is 7.22. The highest BCUT2D eigenvalue weighted by atomic mass is 32.2. The summed E-state index contributed by atoms with van der Waals surface area (Å²) in [6, 6.07) is 8.65. The molecule has 1 saturated heterocycles. The predicted molar refractivity (Wildman–Crippen MR) is 109 cm³/mol. The van der Waals surface area contributed by atoms with Gasteiger partial charge < -0.3 is 19.7 Å². The van der Waals surface area contributed by atoms with Gasteiger partial charge in [-0.15, -0.1) is 0 Å². The van der Waals surface area contributed by atoms with Crippen molar-refractivity contribution in [1.29, 1.82) is 0 Å². The molecule has 0 bridgehead atoms. The Kier molecular flexibility index (Phi) is 4.73. The van der Waals surface area contributed by atoms with Crippen molar-refractivity contribution in [2.75, 3.05) is 11.7 Å². The highest BCUT2D eigenvalue weighted by molar-refractivity contribution is 8.27. The van der Waals surface area contributed by atoms with E-state index in [1.807, 2.05) is 0 Å². The first kappa shape index (κ1) is 19.0. The van der Waals surface area contributed by atoms with Gasteiger partial charge in [0.1, 0.15) is 0 Å². The first-order valence-corrected chi connectivity index (χ1v) is 9.35. The molecule has 1 fully saturated rings. The summed E-state index contributed by atoms with van der Waals surface area (Å²) in [5.74, 6) is -1.92. The van der Waals surface area contributed by atoms with Gasteiger partial charge in [-0.05, 0) is 42.0 Å². The second-order valence-electron chi connectivity index (χ2n) is 6.01. The van der Waals surface area contributed by atoms with Crippen molar-refractivity contribution >= 4 is 57.9 Å². The van der Waals surface area contributed by atoms with Crippen molar-refractivity contribution in [1.82, 2.24) is 0 Å². The maximum absolute atomic E-state index is 12.9. The Balaban J connectivity index is 1.70. The molecule has 2 aromatic carbocycles. The first-order valence-electron chi connectivity index (χ1n) is 8.13. The number of carboxylic acid groups (broad SMARTS) is 2. The number of rotatable bonds is 4. The summed E-state index contributed by atoms with van der Waals surface area (Å²) in [7, 11) is 0. The summed E-state index contributed by atoms with van der Waals surface area (Å²) in [4.78, 5) is 37.0. The van der Waals surface area contributed by atoms with Gasteiger partial charge in [0.25, 0.3) is 5.91 Å². The van der Waals surface area contributed by atoms with Crippen LogP contribution in [-0.4, -0.2) is 39.2 Å². The largest absolute Gasteiger partial charge is 0.478 e. The highest BCUT2D eigenvalue weighted by Crippen LogP contribution is 2.38. The van der Waals surface area contributed by atoms with Gasteiger partial charge in [-0.25, -0.2) is 9.59 Å². The number of hydrogen-bond donors (Lipinski definition) is 2. The molecule has 1 amide bonds. The number of carboxylic acids is 2. The van der Waals surface area contributed by atoms with E-state index in [4.69, 9.17) is 21.7 Å². The zero-order chi connectivity index (χ0) is 20.7. The van der Waals surface area contributed by atoms with Crippen LogP contribution >= 0.6 is 24.0 Å². The molecule has 0 unspecified atom stereocenters. The number of ether oxygens (including phenoxy) is 2. The molecule has 2 aliphatic heterocycles. The number of hydrogen-bond acceptors (Lipinski definition) is 7. The molecule has 0 aliphatic carbocycles. The summed E-state index contributed by atoms with van der Waals surface area (Å²) in [6.07, 6.45) is 1.63. The van der Waals surface area contributed by atoms with Crippen LogP contribution in [0.1, 0.15) is 26.3 Å². The number of carbonyl (C=O) groups excluding carboxylic acids is 1.